The minimum atomic E-state index is -0.0464. The minimum Gasteiger partial charge on any atom is -0.460 e. The molecule has 4 heteroatoms. The molecule has 2 nitrogen and oxygen atoms in total. The smallest absolute Gasteiger partial charge is 0.208 e. The first-order valence-corrected chi connectivity index (χ1v) is 7.68. The number of ketones is 1. The van der Waals surface area contributed by atoms with Crippen LogP contribution in [0.2, 0.25) is 5.02 Å². The molecular weight excluding hydrogens is 292 g/mol. The summed E-state index contributed by atoms with van der Waals surface area (Å²) in [5, 5.41) is 3.31. The van der Waals surface area contributed by atoms with E-state index in [-0.39, 0.29) is 5.78 Å². The number of rotatable bonds is 3. The standard InChI is InChI=1S/C16H13ClO2S/c1-3-11-13(10-6-4-5-7-12(10)19-11)15(18)16-14(17)9(2)8-20-16/h4-8H,3H2,1-2H3. The van der Waals surface area contributed by atoms with Gasteiger partial charge in [0, 0.05) is 11.8 Å². The largest absolute Gasteiger partial charge is 0.460 e. The Hall–Kier alpha value is -1.58. The Labute approximate surface area is 126 Å². The summed E-state index contributed by atoms with van der Waals surface area (Å²) in [5.74, 6) is 0.674. The van der Waals surface area contributed by atoms with Crippen LogP contribution in [0.15, 0.2) is 34.1 Å². The SMILES string of the molecule is CCc1oc2ccccc2c1C(=O)c1scc(C)c1Cl. The Morgan fingerprint density at radius 1 is 1.35 bits per heavy atom. The highest BCUT2D eigenvalue weighted by Crippen LogP contribution is 2.34. The van der Waals surface area contributed by atoms with Crippen molar-refractivity contribution in [1.82, 2.24) is 0 Å². The van der Waals surface area contributed by atoms with Gasteiger partial charge in [-0.05, 0) is 23.9 Å². The number of benzene rings is 1. The second kappa shape index (κ2) is 5.08. The summed E-state index contributed by atoms with van der Waals surface area (Å²) >= 11 is 7.61. The summed E-state index contributed by atoms with van der Waals surface area (Å²) in [6.45, 7) is 3.89. The lowest BCUT2D eigenvalue weighted by Gasteiger charge is -2.00. The van der Waals surface area contributed by atoms with Crippen molar-refractivity contribution in [3.63, 3.8) is 0 Å². The second-order valence-corrected chi connectivity index (χ2v) is 5.90. The predicted octanol–water partition coefficient (Wildman–Crippen LogP) is 5.25. The molecule has 2 aromatic heterocycles. The van der Waals surface area contributed by atoms with E-state index >= 15 is 0 Å². The predicted molar refractivity (Wildman–Crippen MR) is 83.1 cm³/mol. The summed E-state index contributed by atoms with van der Waals surface area (Å²) in [6.07, 6.45) is 0.678. The lowest BCUT2D eigenvalue weighted by molar-refractivity contribution is 0.104. The van der Waals surface area contributed by atoms with Gasteiger partial charge in [0.1, 0.15) is 11.3 Å². The molecule has 0 bridgehead atoms. The van der Waals surface area contributed by atoms with Gasteiger partial charge in [-0.15, -0.1) is 11.3 Å². The molecule has 0 amide bonds. The van der Waals surface area contributed by atoms with E-state index in [4.69, 9.17) is 16.0 Å². The van der Waals surface area contributed by atoms with E-state index in [1.165, 1.54) is 11.3 Å². The van der Waals surface area contributed by atoms with Crippen molar-refractivity contribution >= 4 is 39.7 Å². The number of thiophene rings is 1. The molecule has 0 radical (unpaired) electrons. The van der Waals surface area contributed by atoms with E-state index in [1.54, 1.807) is 0 Å². The second-order valence-electron chi connectivity index (χ2n) is 4.64. The molecule has 0 aliphatic rings. The van der Waals surface area contributed by atoms with Crippen molar-refractivity contribution in [1.29, 1.82) is 0 Å². The van der Waals surface area contributed by atoms with Crippen molar-refractivity contribution in [3.05, 3.63) is 56.4 Å². The van der Waals surface area contributed by atoms with E-state index in [2.05, 4.69) is 0 Å². The number of halogens is 1. The molecule has 0 fully saturated rings. The molecule has 0 N–H and O–H groups in total. The average Bonchev–Trinajstić information content (AvgIpc) is 2.99. The fraction of sp³-hybridized carbons (Fsp3) is 0.188. The maximum Gasteiger partial charge on any atom is 0.208 e. The number of hydrogen-bond acceptors (Lipinski definition) is 3. The molecule has 1 aromatic carbocycles. The van der Waals surface area contributed by atoms with Crippen molar-refractivity contribution in [2.24, 2.45) is 0 Å². The highest BCUT2D eigenvalue weighted by Gasteiger charge is 2.24. The lowest BCUT2D eigenvalue weighted by Crippen LogP contribution is -2.02. The Morgan fingerprint density at radius 3 is 2.75 bits per heavy atom. The van der Waals surface area contributed by atoms with Crippen molar-refractivity contribution < 1.29 is 9.21 Å². The zero-order valence-corrected chi connectivity index (χ0v) is 12.8. The number of fused-ring (bicyclic) bond motifs is 1. The fourth-order valence-corrected chi connectivity index (χ4v) is 3.52. The summed E-state index contributed by atoms with van der Waals surface area (Å²) in [6, 6.07) is 7.61. The van der Waals surface area contributed by atoms with Crippen LogP contribution in [0.4, 0.5) is 0 Å². The van der Waals surface area contributed by atoms with E-state index in [9.17, 15) is 4.79 Å². The third-order valence-electron chi connectivity index (χ3n) is 3.32. The maximum atomic E-state index is 12.8. The molecule has 0 spiro atoms. The van der Waals surface area contributed by atoms with Gasteiger partial charge in [0.15, 0.2) is 0 Å². The zero-order valence-electron chi connectivity index (χ0n) is 11.2. The molecule has 2 heterocycles. The maximum absolute atomic E-state index is 12.8. The normalized spacial score (nSPS) is 11.2. The Bertz CT molecular complexity index is 798. The van der Waals surface area contributed by atoms with E-state index in [0.29, 0.717) is 21.9 Å². The van der Waals surface area contributed by atoms with E-state index in [1.807, 2.05) is 43.5 Å². The topological polar surface area (TPSA) is 30.2 Å². The van der Waals surface area contributed by atoms with Gasteiger partial charge in [-0.3, -0.25) is 4.79 Å². The lowest BCUT2D eigenvalue weighted by atomic mass is 10.0. The number of furan rings is 1. The molecule has 0 aliphatic heterocycles. The van der Waals surface area contributed by atoms with Gasteiger partial charge >= 0.3 is 0 Å². The molecule has 20 heavy (non-hydrogen) atoms. The molecule has 3 rings (SSSR count). The van der Waals surface area contributed by atoms with Gasteiger partial charge < -0.3 is 4.42 Å². The summed E-state index contributed by atoms with van der Waals surface area (Å²) in [5.41, 5.74) is 2.33. The molecular formula is C16H13ClO2S. The summed E-state index contributed by atoms with van der Waals surface area (Å²) in [4.78, 5) is 13.4. The minimum absolute atomic E-state index is 0.0464. The monoisotopic (exact) mass is 304 g/mol. The fourth-order valence-electron chi connectivity index (χ4n) is 2.29. The summed E-state index contributed by atoms with van der Waals surface area (Å²) in [7, 11) is 0. The molecule has 0 unspecified atom stereocenters. The van der Waals surface area contributed by atoms with Crippen LogP contribution in [0.25, 0.3) is 11.0 Å². The third-order valence-corrected chi connectivity index (χ3v) is 5.02. The average molecular weight is 305 g/mol. The van der Waals surface area contributed by atoms with Crippen LogP contribution >= 0.6 is 22.9 Å². The van der Waals surface area contributed by atoms with Crippen LogP contribution in [0.1, 0.15) is 33.5 Å². The van der Waals surface area contributed by atoms with Crippen LogP contribution in [0, 0.1) is 6.92 Å². The molecule has 102 valence electrons. The highest BCUT2D eigenvalue weighted by molar-refractivity contribution is 7.13. The van der Waals surface area contributed by atoms with Crippen molar-refractivity contribution in [3.8, 4) is 0 Å². The summed E-state index contributed by atoms with van der Waals surface area (Å²) < 4.78 is 5.78. The highest BCUT2D eigenvalue weighted by atomic mass is 35.5. The van der Waals surface area contributed by atoms with Gasteiger partial charge in [-0.25, -0.2) is 0 Å². The number of carbonyl (C=O) groups is 1. The van der Waals surface area contributed by atoms with Crippen molar-refractivity contribution in [2.75, 3.05) is 0 Å². The first kappa shape index (κ1) is 13.4. The molecule has 0 saturated heterocycles. The molecule has 0 atom stereocenters. The quantitative estimate of drug-likeness (QED) is 0.619. The number of hydrogen-bond donors (Lipinski definition) is 0. The third kappa shape index (κ3) is 1.98. The first-order chi connectivity index (χ1) is 9.63. The van der Waals surface area contributed by atoms with Gasteiger partial charge in [-0.1, -0.05) is 36.7 Å². The van der Waals surface area contributed by atoms with Gasteiger partial charge in [-0.2, -0.15) is 0 Å². The van der Waals surface area contributed by atoms with Gasteiger partial charge in [0.2, 0.25) is 5.78 Å². The molecule has 3 aromatic rings. The molecule has 0 saturated carbocycles. The van der Waals surface area contributed by atoms with E-state index in [0.717, 1.165) is 22.3 Å². The number of aryl methyl sites for hydroxylation is 2. The Balaban J connectivity index is 2.23. The van der Waals surface area contributed by atoms with E-state index < -0.39 is 0 Å². The van der Waals surface area contributed by atoms with Crippen LogP contribution in [0.5, 0.6) is 0 Å². The van der Waals surface area contributed by atoms with Crippen molar-refractivity contribution in [2.45, 2.75) is 20.3 Å². The zero-order chi connectivity index (χ0) is 14.3. The Kier molecular flexibility index (Phi) is 3.40. The van der Waals surface area contributed by atoms with Crippen LogP contribution < -0.4 is 0 Å². The van der Waals surface area contributed by atoms with Gasteiger partial charge in [0.25, 0.3) is 0 Å². The van der Waals surface area contributed by atoms with Crippen LogP contribution in [-0.2, 0) is 6.42 Å². The Morgan fingerprint density at radius 2 is 2.10 bits per heavy atom. The van der Waals surface area contributed by atoms with Crippen LogP contribution in [0.3, 0.4) is 0 Å². The first-order valence-electron chi connectivity index (χ1n) is 6.42. The number of para-hydroxylation sites is 1. The van der Waals surface area contributed by atoms with Gasteiger partial charge in [0.05, 0.1) is 15.5 Å². The molecule has 0 aliphatic carbocycles. The van der Waals surface area contributed by atoms with Crippen LogP contribution in [-0.4, -0.2) is 5.78 Å². The number of carbonyl (C=O) groups excluding carboxylic acids is 1.